The number of ether oxygens (including phenoxy) is 1. The average molecular weight is 252 g/mol. The molecule has 0 spiro atoms. The van der Waals surface area contributed by atoms with Gasteiger partial charge in [0.25, 0.3) is 0 Å². The molecule has 96 valence electrons. The molecule has 8 nitrogen and oxygen atoms in total. The van der Waals surface area contributed by atoms with Gasteiger partial charge in [0.1, 0.15) is 0 Å². The molecule has 1 N–H and O–H groups in total. The summed E-state index contributed by atoms with van der Waals surface area (Å²) in [7, 11) is 1.63. The number of nitro groups is 1. The molecule has 0 atom stereocenters. The van der Waals surface area contributed by atoms with Gasteiger partial charge in [0.05, 0.1) is 10.6 Å². The normalized spacial score (nSPS) is 10.7. The summed E-state index contributed by atoms with van der Waals surface area (Å²) in [5.74, 6) is 0. The zero-order chi connectivity index (χ0) is 13.0. The quantitative estimate of drug-likeness (QED) is 0.472. The molecule has 0 unspecified atom stereocenters. The smallest absolute Gasteiger partial charge is 0.300 e. The molecule has 18 heavy (non-hydrogen) atoms. The standard InChI is InChI=1S/C10H12N4O4/c1-17-6-2-5-11-7-3-4-8(14(15)16)10-9(7)12-18-13-10/h3-4,11H,2,5-6H2,1H3. The van der Waals surface area contributed by atoms with Crippen LogP contribution < -0.4 is 5.32 Å². The van der Waals surface area contributed by atoms with Crippen molar-refractivity contribution in [1.82, 2.24) is 10.3 Å². The highest BCUT2D eigenvalue weighted by atomic mass is 16.6. The molecule has 0 amide bonds. The van der Waals surface area contributed by atoms with Crippen LogP contribution in [0.1, 0.15) is 6.42 Å². The lowest BCUT2D eigenvalue weighted by atomic mass is 10.2. The molecule has 2 rings (SSSR count). The second-order valence-electron chi connectivity index (χ2n) is 3.62. The maximum atomic E-state index is 10.8. The van der Waals surface area contributed by atoms with E-state index in [1.807, 2.05) is 0 Å². The number of anilines is 1. The van der Waals surface area contributed by atoms with Crippen molar-refractivity contribution in [3.8, 4) is 0 Å². The van der Waals surface area contributed by atoms with E-state index in [0.717, 1.165) is 6.42 Å². The van der Waals surface area contributed by atoms with E-state index in [9.17, 15) is 10.1 Å². The molecule has 1 heterocycles. The Hall–Kier alpha value is -2.22. The highest BCUT2D eigenvalue weighted by Gasteiger charge is 2.19. The van der Waals surface area contributed by atoms with Crippen molar-refractivity contribution in [2.45, 2.75) is 6.42 Å². The molecule has 0 radical (unpaired) electrons. The number of benzene rings is 1. The molecule has 0 aliphatic rings. The molecule has 2 aromatic rings. The first-order valence-electron chi connectivity index (χ1n) is 5.36. The second kappa shape index (κ2) is 5.41. The number of rotatable bonds is 6. The number of fused-ring (bicyclic) bond motifs is 1. The van der Waals surface area contributed by atoms with Gasteiger partial charge in [-0.1, -0.05) is 0 Å². The highest BCUT2D eigenvalue weighted by Crippen LogP contribution is 2.28. The van der Waals surface area contributed by atoms with Gasteiger partial charge in [-0.3, -0.25) is 10.1 Å². The zero-order valence-corrected chi connectivity index (χ0v) is 9.75. The van der Waals surface area contributed by atoms with Crippen LogP contribution in [0.2, 0.25) is 0 Å². The molecule has 0 bridgehead atoms. The monoisotopic (exact) mass is 252 g/mol. The predicted octanol–water partition coefficient (Wildman–Crippen LogP) is 1.58. The number of non-ortho nitro benzene ring substituents is 1. The van der Waals surface area contributed by atoms with Crippen LogP contribution in [0, 0.1) is 10.1 Å². The first-order valence-corrected chi connectivity index (χ1v) is 5.36. The van der Waals surface area contributed by atoms with E-state index in [2.05, 4.69) is 20.3 Å². The van der Waals surface area contributed by atoms with Crippen molar-refractivity contribution in [1.29, 1.82) is 0 Å². The second-order valence-corrected chi connectivity index (χ2v) is 3.62. The molecule has 0 saturated heterocycles. The Kier molecular flexibility index (Phi) is 3.68. The third kappa shape index (κ3) is 2.38. The van der Waals surface area contributed by atoms with Crippen molar-refractivity contribution < 1.29 is 14.3 Å². The van der Waals surface area contributed by atoms with E-state index in [1.165, 1.54) is 6.07 Å². The van der Waals surface area contributed by atoms with E-state index in [0.29, 0.717) is 24.4 Å². The van der Waals surface area contributed by atoms with Crippen LogP contribution >= 0.6 is 0 Å². The Bertz CT molecular complexity index is 554. The van der Waals surface area contributed by atoms with Crippen molar-refractivity contribution in [3.05, 3.63) is 22.2 Å². The number of methoxy groups -OCH3 is 1. The van der Waals surface area contributed by atoms with Crippen LogP contribution in [0.3, 0.4) is 0 Å². The van der Waals surface area contributed by atoms with Gasteiger partial charge in [-0.05, 0) is 22.8 Å². The zero-order valence-electron chi connectivity index (χ0n) is 9.75. The number of nitrogens with zero attached hydrogens (tertiary/aromatic N) is 3. The fraction of sp³-hybridized carbons (Fsp3) is 0.400. The van der Waals surface area contributed by atoms with Gasteiger partial charge in [0.2, 0.25) is 5.52 Å². The van der Waals surface area contributed by atoms with Crippen molar-refractivity contribution in [3.63, 3.8) is 0 Å². The van der Waals surface area contributed by atoms with Gasteiger partial charge in [-0.25, -0.2) is 4.63 Å². The number of nitro benzene ring substituents is 1. The lowest BCUT2D eigenvalue weighted by Gasteiger charge is -2.05. The molecule has 1 aromatic carbocycles. The topological polar surface area (TPSA) is 103 Å². The molecule has 0 aliphatic carbocycles. The molecule has 0 saturated carbocycles. The van der Waals surface area contributed by atoms with Crippen molar-refractivity contribution in [2.75, 3.05) is 25.6 Å². The minimum Gasteiger partial charge on any atom is -0.385 e. The van der Waals surface area contributed by atoms with Gasteiger partial charge >= 0.3 is 5.69 Å². The maximum Gasteiger partial charge on any atom is 0.300 e. The van der Waals surface area contributed by atoms with E-state index in [-0.39, 0.29) is 11.2 Å². The summed E-state index contributed by atoms with van der Waals surface area (Å²) in [6, 6.07) is 2.97. The Morgan fingerprint density at radius 3 is 2.94 bits per heavy atom. The van der Waals surface area contributed by atoms with Gasteiger partial charge < -0.3 is 10.1 Å². The molecule has 8 heteroatoms. The van der Waals surface area contributed by atoms with Crippen LogP contribution in [0.25, 0.3) is 11.0 Å². The van der Waals surface area contributed by atoms with Crippen molar-refractivity contribution >= 4 is 22.4 Å². The predicted molar refractivity (Wildman–Crippen MR) is 63.4 cm³/mol. The number of aromatic nitrogens is 2. The molecular weight excluding hydrogens is 240 g/mol. The fourth-order valence-electron chi connectivity index (χ4n) is 1.58. The third-order valence-electron chi connectivity index (χ3n) is 2.43. The Labute approximate surface area is 102 Å². The minimum atomic E-state index is -0.513. The summed E-state index contributed by atoms with van der Waals surface area (Å²) in [4.78, 5) is 10.3. The van der Waals surface area contributed by atoms with Gasteiger partial charge in [-0.15, -0.1) is 0 Å². The van der Waals surface area contributed by atoms with Crippen LogP contribution in [-0.4, -0.2) is 35.5 Å². The van der Waals surface area contributed by atoms with Crippen LogP contribution in [0.4, 0.5) is 11.4 Å². The fourth-order valence-corrected chi connectivity index (χ4v) is 1.58. The molecule has 0 aliphatic heterocycles. The summed E-state index contributed by atoms with van der Waals surface area (Å²) in [5.41, 5.74) is 1.06. The van der Waals surface area contributed by atoms with Gasteiger partial charge in [-0.2, -0.15) is 0 Å². The number of hydrogen-bond acceptors (Lipinski definition) is 7. The SMILES string of the molecule is COCCCNc1ccc([N+](=O)[O-])c2nonc12. The Morgan fingerprint density at radius 2 is 2.22 bits per heavy atom. The first-order chi connectivity index (χ1) is 8.74. The Balaban J connectivity index is 2.22. The summed E-state index contributed by atoms with van der Waals surface area (Å²) in [5, 5.41) is 21.1. The average Bonchev–Trinajstić information content (AvgIpc) is 2.83. The number of nitrogens with one attached hydrogen (secondary N) is 1. The van der Waals surface area contributed by atoms with E-state index < -0.39 is 4.92 Å². The van der Waals surface area contributed by atoms with E-state index in [1.54, 1.807) is 13.2 Å². The molecule has 1 aromatic heterocycles. The maximum absolute atomic E-state index is 10.8. The third-order valence-corrected chi connectivity index (χ3v) is 2.43. The minimum absolute atomic E-state index is 0.117. The van der Waals surface area contributed by atoms with Crippen LogP contribution in [0.5, 0.6) is 0 Å². The first kappa shape index (κ1) is 12.2. The summed E-state index contributed by atoms with van der Waals surface area (Å²) >= 11 is 0. The van der Waals surface area contributed by atoms with Gasteiger partial charge in [0.15, 0.2) is 5.52 Å². The van der Waals surface area contributed by atoms with Crippen molar-refractivity contribution in [2.24, 2.45) is 0 Å². The summed E-state index contributed by atoms with van der Waals surface area (Å²) in [6.45, 7) is 1.31. The molecule has 0 fully saturated rings. The van der Waals surface area contributed by atoms with Gasteiger partial charge in [0, 0.05) is 26.3 Å². The molecular formula is C10H12N4O4. The Morgan fingerprint density at radius 1 is 1.44 bits per heavy atom. The summed E-state index contributed by atoms with van der Waals surface area (Å²) in [6.07, 6.45) is 0.820. The highest BCUT2D eigenvalue weighted by molar-refractivity contribution is 5.93. The van der Waals surface area contributed by atoms with E-state index in [4.69, 9.17) is 4.74 Å². The van der Waals surface area contributed by atoms with E-state index >= 15 is 0 Å². The summed E-state index contributed by atoms with van der Waals surface area (Å²) < 4.78 is 9.48. The van der Waals surface area contributed by atoms with Crippen LogP contribution in [0.15, 0.2) is 16.8 Å². The number of hydrogen-bond donors (Lipinski definition) is 1. The van der Waals surface area contributed by atoms with Crippen LogP contribution in [-0.2, 0) is 4.74 Å². The lowest BCUT2D eigenvalue weighted by Crippen LogP contribution is -2.05. The largest absolute Gasteiger partial charge is 0.385 e. The lowest BCUT2D eigenvalue weighted by molar-refractivity contribution is -0.383.